The molecule has 0 saturated heterocycles. The van der Waals surface area contributed by atoms with Crippen LogP contribution >= 0.6 is 0 Å². The predicted molar refractivity (Wildman–Crippen MR) is 109 cm³/mol. The van der Waals surface area contributed by atoms with E-state index in [-0.39, 0.29) is 11.5 Å². The van der Waals surface area contributed by atoms with Crippen LogP contribution in [-0.2, 0) is 9.16 Å². The molecule has 136 valence electrons. The Morgan fingerprint density at radius 2 is 1.92 bits per heavy atom. The highest BCUT2D eigenvalue weighted by molar-refractivity contribution is 6.48. The zero-order valence-electron chi connectivity index (χ0n) is 16.6. The lowest BCUT2D eigenvalue weighted by atomic mass is 9.83. The van der Waals surface area contributed by atoms with Crippen LogP contribution in [0, 0.1) is 12.3 Å². The van der Waals surface area contributed by atoms with Gasteiger partial charge in [-0.1, -0.05) is 27.4 Å². The van der Waals surface area contributed by atoms with Gasteiger partial charge in [0.15, 0.2) is 9.04 Å². The van der Waals surface area contributed by atoms with Crippen molar-refractivity contribution >= 4 is 25.7 Å². The quantitative estimate of drug-likeness (QED) is 0.495. The molecular weight excluding hydrogens is 326 g/mol. The SMILES string of the molecule is C=C(OCC)c1cc(C(O[SiH](C)C)C(C)(C)C)cc2cc(C)cnc12. The summed E-state index contributed by atoms with van der Waals surface area (Å²) in [6.45, 7) is 19.9. The number of fused-ring (bicyclic) bond motifs is 1. The Morgan fingerprint density at radius 3 is 2.48 bits per heavy atom. The molecule has 0 aliphatic rings. The van der Waals surface area contributed by atoms with Gasteiger partial charge in [-0.3, -0.25) is 4.98 Å². The molecule has 0 spiro atoms. The summed E-state index contributed by atoms with van der Waals surface area (Å²) in [6.07, 6.45) is 1.93. The van der Waals surface area contributed by atoms with Gasteiger partial charge in [0.1, 0.15) is 5.76 Å². The van der Waals surface area contributed by atoms with Gasteiger partial charge in [0.25, 0.3) is 0 Å². The fourth-order valence-corrected chi connectivity index (χ4v) is 4.16. The van der Waals surface area contributed by atoms with E-state index in [1.54, 1.807) is 0 Å². The Bertz CT molecular complexity index is 762. The first kappa shape index (κ1) is 19.7. The summed E-state index contributed by atoms with van der Waals surface area (Å²) in [6, 6.07) is 6.53. The van der Waals surface area contributed by atoms with E-state index in [9.17, 15) is 0 Å². The summed E-state index contributed by atoms with van der Waals surface area (Å²) in [4.78, 5) is 4.63. The van der Waals surface area contributed by atoms with Gasteiger partial charge in [-0.15, -0.1) is 0 Å². The molecule has 0 N–H and O–H groups in total. The van der Waals surface area contributed by atoms with Crippen LogP contribution in [0.1, 0.15) is 50.5 Å². The zero-order chi connectivity index (χ0) is 18.8. The normalized spacial score (nSPS) is 13.3. The number of aromatic nitrogens is 1. The molecule has 1 aromatic heterocycles. The molecule has 0 amide bonds. The lowest BCUT2D eigenvalue weighted by Crippen LogP contribution is -2.26. The van der Waals surface area contributed by atoms with Crippen LogP contribution in [0.25, 0.3) is 16.7 Å². The fraction of sp³-hybridized carbons (Fsp3) is 0.476. The summed E-state index contributed by atoms with van der Waals surface area (Å²) in [5.74, 6) is 0.667. The van der Waals surface area contributed by atoms with Crippen molar-refractivity contribution in [3.63, 3.8) is 0 Å². The monoisotopic (exact) mass is 357 g/mol. The predicted octanol–water partition coefficient (Wildman–Crippen LogP) is 5.64. The van der Waals surface area contributed by atoms with Crippen LogP contribution in [0.2, 0.25) is 13.1 Å². The van der Waals surface area contributed by atoms with E-state index in [4.69, 9.17) is 9.16 Å². The van der Waals surface area contributed by atoms with Crippen LogP contribution in [0.5, 0.6) is 0 Å². The lowest BCUT2D eigenvalue weighted by Gasteiger charge is -2.33. The minimum absolute atomic E-state index is 0.00637. The molecule has 2 rings (SSSR count). The van der Waals surface area contributed by atoms with Gasteiger partial charge in [-0.25, -0.2) is 0 Å². The van der Waals surface area contributed by atoms with Gasteiger partial charge < -0.3 is 9.16 Å². The van der Waals surface area contributed by atoms with Crippen molar-refractivity contribution in [3.8, 4) is 0 Å². The number of benzene rings is 1. The largest absolute Gasteiger partial charge is 0.494 e. The second-order valence-corrected chi connectivity index (χ2v) is 10.3. The average Bonchev–Trinajstić information content (AvgIpc) is 2.50. The van der Waals surface area contributed by atoms with Gasteiger partial charge in [0.05, 0.1) is 18.2 Å². The Morgan fingerprint density at radius 1 is 1.24 bits per heavy atom. The van der Waals surface area contributed by atoms with Gasteiger partial charge in [0, 0.05) is 17.1 Å². The summed E-state index contributed by atoms with van der Waals surface area (Å²) in [5.41, 5.74) is 4.21. The van der Waals surface area contributed by atoms with Crippen molar-refractivity contribution in [2.75, 3.05) is 6.61 Å². The molecule has 0 saturated carbocycles. The van der Waals surface area contributed by atoms with E-state index in [1.165, 1.54) is 5.56 Å². The van der Waals surface area contributed by atoms with Crippen molar-refractivity contribution in [1.82, 2.24) is 4.98 Å². The maximum absolute atomic E-state index is 6.42. The number of nitrogens with zero attached hydrogens (tertiary/aromatic N) is 1. The van der Waals surface area contributed by atoms with Gasteiger partial charge >= 0.3 is 0 Å². The van der Waals surface area contributed by atoms with Crippen LogP contribution in [-0.4, -0.2) is 20.6 Å². The van der Waals surface area contributed by atoms with Crippen molar-refractivity contribution in [3.05, 3.63) is 47.7 Å². The topological polar surface area (TPSA) is 31.4 Å². The third kappa shape index (κ3) is 4.70. The summed E-state index contributed by atoms with van der Waals surface area (Å²) in [5, 5.41) is 1.11. The first-order valence-electron chi connectivity index (χ1n) is 9.01. The lowest BCUT2D eigenvalue weighted by molar-refractivity contribution is 0.0867. The van der Waals surface area contributed by atoms with E-state index in [0.717, 1.165) is 22.0 Å². The van der Waals surface area contributed by atoms with Crippen LogP contribution in [0.4, 0.5) is 0 Å². The maximum Gasteiger partial charge on any atom is 0.171 e. The number of hydrogen-bond donors (Lipinski definition) is 0. The number of rotatable bonds is 6. The molecule has 2 aromatic rings. The number of hydrogen-bond acceptors (Lipinski definition) is 3. The average molecular weight is 358 g/mol. The summed E-state index contributed by atoms with van der Waals surface area (Å²) >= 11 is 0. The molecule has 0 aliphatic carbocycles. The molecule has 4 heteroatoms. The molecule has 0 fully saturated rings. The number of pyridine rings is 1. The minimum Gasteiger partial charge on any atom is -0.494 e. The van der Waals surface area contributed by atoms with Crippen molar-refractivity contribution in [2.45, 2.75) is 53.8 Å². The Kier molecular flexibility index (Phi) is 6.06. The smallest absolute Gasteiger partial charge is 0.171 e. The van der Waals surface area contributed by atoms with Crippen LogP contribution in [0.3, 0.4) is 0 Å². The van der Waals surface area contributed by atoms with Gasteiger partial charge in [-0.2, -0.15) is 0 Å². The van der Waals surface area contributed by atoms with Crippen LogP contribution < -0.4 is 0 Å². The van der Waals surface area contributed by atoms with Crippen molar-refractivity contribution in [1.29, 1.82) is 0 Å². The van der Waals surface area contributed by atoms with E-state index in [2.05, 4.69) is 70.6 Å². The van der Waals surface area contributed by atoms with Crippen molar-refractivity contribution < 1.29 is 9.16 Å². The van der Waals surface area contributed by atoms with Gasteiger partial charge in [0.2, 0.25) is 0 Å². The minimum atomic E-state index is -1.19. The molecule has 0 radical (unpaired) electrons. The highest BCUT2D eigenvalue weighted by Gasteiger charge is 2.29. The molecule has 1 aromatic carbocycles. The second-order valence-electron chi connectivity index (χ2n) is 7.94. The second kappa shape index (κ2) is 7.71. The number of ether oxygens (including phenoxy) is 1. The first-order valence-corrected chi connectivity index (χ1v) is 11.8. The molecule has 0 aliphatic heterocycles. The Labute approximate surface area is 153 Å². The Hall–Kier alpha value is -1.65. The molecule has 1 atom stereocenters. The number of aryl methyl sites for hydroxylation is 1. The molecule has 1 heterocycles. The highest BCUT2D eigenvalue weighted by Crippen LogP contribution is 2.39. The van der Waals surface area contributed by atoms with Crippen LogP contribution in [0.15, 0.2) is 31.0 Å². The van der Waals surface area contributed by atoms with Gasteiger partial charge in [-0.05, 0) is 61.7 Å². The molecule has 3 nitrogen and oxygen atoms in total. The third-order valence-electron chi connectivity index (χ3n) is 4.06. The van der Waals surface area contributed by atoms with E-state index >= 15 is 0 Å². The molecular formula is C21H31NO2Si. The fourth-order valence-electron chi connectivity index (χ4n) is 3.05. The molecule has 1 unspecified atom stereocenters. The summed E-state index contributed by atoms with van der Waals surface area (Å²) < 4.78 is 12.1. The standard InChI is InChI=1S/C21H31NO2Si/c1-9-23-15(3)18-12-17(20(21(4,5)6)24-25(7)8)11-16-10-14(2)13-22-19(16)18/h10-13,20,25H,3,9H2,1-2,4-8H3. The van der Waals surface area contributed by atoms with Crippen molar-refractivity contribution in [2.24, 2.45) is 5.41 Å². The summed E-state index contributed by atoms with van der Waals surface area (Å²) in [7, 11) is -1.19. The van der Waals surface area contributed by atoms with E-state index < -0.39 is 9.04 Å². The van der Waals surface area contributed by atoms with E-state index in [0.29, 0.717) is 12.4 Å². The molecule has 0 bridgehead atoms. The third-order valence-corrected chi connectivity index (χ3v) is 4.88. The highest BCUT2D eigenvalue weighted by atomic mass is 28.3. The first-order chi connectivity index (χ1) is 11.6. The van der Waals surface area contributed by atoms with E-state index in [1.807, 2.05) is 13.1 Å². The zero-order valence-corrected chi connectivity index (χ0v) is 17.8. The Balaban J connectivity index is 2.68. The molecule has 25 heavy (non-hydrogen) atoms. The maximum atomic E-state index is 6.42.